The van der Waals surface area contributed by atoms with E-state index >= 15 is 0 Å². The van der Waals surface area contributed by atoms with Gasteiger partial charge in [-0.25, -0.2) is 0 Å². The minimum absolute atomic E-state index is 0.401. The molecule has 17 heavy (non-hydrogen) atoms. The Balaban J connectivity index is 2.69. The van der Waals surface area contributed by atoms with Crippen molar-refractivity contribution in [2.75, 3.05) is 11.5 Å². The van der Waals surface area contributed by atoms with Crippen LogP contribution in [-0.4, -0.2) is 16.6 Å². The zero-order valence-electron chi connectivity index (χ0n) is 9.89. The third-order valence-corrected chi connectivity index (χ3v) is 4.17. The highest BCUT2D eigenvalue weighted by atomic mass is 32.2. The average molecular weight is 266 g/mol. The summed E-state index contributed by atoms with van der Waals surface area (Å²) in [6.07, 6.45) is 3.79. The van der Waals surface area contributed by atoms with E-state index in [1.54, 1.807) is 17.8 Å². The standard InChI is InChI=1S/C14H18OS2/c1-3-8-16-10-12-6-5-7-14(15)13(12)11-17-9-4-2/h3-7,15H,1-2,8-11H2. The molecular weight excluding hydrogens is 248 g/mol. The molecule has 0 amide bonds. The first-order chi connectivity index (χ1) is 8.29. The molecule has 0 saturated carbocycles. The number of phenolic OH excluding ortho intramolecular Hbond substituents is 1. The van der Waals surface area contributed by atoms with Crippen molar-refractivity contribution in [2.24, 2.45) is 0 Å². The largest absolute Gasteiger partial charge is 0.508 e. The molecule has 1 aromatic carbocycles. The van der Waals surface area contributed by atoms with Gasteiger partial charge in [-0.2, -0.15) is 23.5 Å². The van der Waals surface area contributed by atoms with Crippen LogP contribution in [0, 0.1) is 0 Å². The number of aromatic hydroxyl groups is 1. The van der Waals surface area contributed by atoms with E-state index in [-0.39, 0.29) is 0 Å². The maximum absolute atomic E-state index is 9.88. The van der Waals surface area contributed by atoms with Gasteiger partial charge >= 0.3 is 0 Å². The van der Waals surface area contributed by atoms with E-state index in [0.717, 1.165) is 28.6 Å². The highest BCUT2D eigenvalue weighted by molar-refractivity contribution is 7.99. The Labute approximate surface area is 112 Å². The van der Waals surface area contributed by atoms with Crippen molar-refractivity contribution in [1.29, 1.82) is 0 Å². The van der Waals surface area contributed by atoms with E-state index in [2.05, 4.69) is 19.2 Å². The molecule has 1 nitrogen and oxygen atoms in total. The monoisotopic (exact) mass is 266 g/mol. The summed E-state index contributed by atoms with van der Waals surface area (Å²) in [6, 6.07) is 5.74. The summed E-state index contributed by atoms with van der Waals surface area (Å²) >= 11 is 3.58. The Kier molecular flexibility index (Phi) is 6.97. The summed E-state index contributed by atoms with van der Waals surface area (Å²) in [6.45, 7) is 7.41. The van der Waals surface area contributed by atoms with Crippen LogP contribution in [0.5, 0.6) is 5.75 Å². The zero-order chi connectivity index (χ0) is 12.5. The van der Waals surface area contributed by atoms with Crippen molar-refractivity contribution >= 4 is 23.5 Å². The summed E-state index contributed by atoms with van der Waals surface area (Å²) in [5, 5.41) is 9.88. The van der Waals surface area contributed by atoms with E-state index in [9.17, 15) is 5.11 Å². The first kappa shape index (κ1) is 14.3. The first-order valence-corrected chi connectivity index (χ1v) is 7.77. The second kappa shape index (κ2) is 8.31. The summed E-state index contributed by atoms with van der Waals surface area (Å²) in [5.41, 5.74) is 2.27. The minimum Gasteiger partial charge on any atom is -0.508 e. The van der Waals surface area contributed by atoms with Gasteiger partial charge in [0.2, 0.25) is 0 Å². The lowest BCUT2D eigenvalue weighted by atomic mass is 10.1. The highest BCUT2D eigenvalue weighted by Crippen LogP contribution is 2.28. The molecule has 3 heteroatoms. The molecule has 0 spiro atoms. The molecule has 0 atom stereocenters. The predicted octanol–water partition coefficient (Wildman–Crippen LogP) is 4.23. The van der Waals surface area contributed by atoms with Gasteiger partial charge in [-0.15, -0.1) is 13.2 Å². The van der Waals surface area contributed by atoms with Crippen molar-refractivity contribution < 1.29 is 5.11 Å². The molecule has 1 rings (SSSR count). The van der Waals surface area contributed by atoms with Crippen LogP contribution in [0.2, 0.25) is 0 Å². The Morgan fingerprint density at radius 3 is 2.35 bits per heavy atom. The van der Waals surface area contributed by atoms with Gasteiger partial charge in [0.15, 0.2) is 0 Å². The smallest absolute Gasteiger partial charge is 0.119 e. The van der Waals surface area contributed by atoms with E-state index in [4.69, 9.17) is 0 Å². The predicted molar refractivity (Wildman–Crippen MR) is 80.8 cm³/mol. The summed E-state index contributed by atoms with van der Waals surface area (Å²) in [5.74, 6) is 4.01. The van der Waals surface area contributed by atoms with Crippen LogP contribution in [0.4, 0.5) is 0 Å². The van der Waals surface area contributed by atoms with Crippen molar-refractivity contribution in [1.82, 2.24) is 0 Å². The van der Waals surface area contributed by atoms with Crippen LogP contribution in [0.3, 0.4) is 0 Å². The Morgan fingerprint density at radius 2 is 1.71 bits per heavy atom. The van der Waals surface area contributed by atoms with Crippen LogP contribution in [0.15, 0.2) is 43.5 Å². The van der Waals surface area contributed by atoms with Crippen molar-refractivity contribution in [2.45, 2.75) is 11.5 Å². The van der Waals surface area contributed by atoms with Gasteiger partial charge in [0.1, 0.15) is 5.75 Å². The van der Waals surface area contributed by atoms with E-state index in [1.807, 2.05) is 30.0 Å². The van der Waals surface area contributed by atoms with E-state index < -0.39 is 0 Å². The average Bonchev–Trinajstić information content (AvgIpc) is 2.33. The molecule has 0 aliphatic heterocycles. The molecule has 0 unspecified atom stereocenters. The van der Waals surface area contributed by atoms with Crippen LogP contribution in [-0.2, 0) is 11.5 Å². The number of hydrogen-bond acceptors (Lipinski definition) is 3. The molecule has 0 bridgehead atoms. The number of benzene rings is 1. The second-order valence-corrected chi connectivity index (χ2v) is 5.58. The Bertz CT molecular complexity index is 374. The molecule has 0 aliphatic rings. The van der Waals surface area contributed by atoms with Crippen LogP contribution in [0.1, 0.15) is 11.1 Å². The number of rotatable bonds is 8. The summed E-state index contributed by atoms with van der Waals surface area (Å²) in [4.78, 5) is 0. The van der Waals surface area contributed by atoms with E-state index in [1.165, 1.54) is 5.56 Å². The fraction of sp³-hybridized carbons (Fsp3) is 0.286. The minimum atomic E-state index is 0.401. The summed E-state index contributed by atoms with van der Waals surface area (Å²) in [7, 11) is 0. The molecular formula is C14H18OS2. The van der Waals surface area contributed by atoms with Crippen molar-refractivity contribution in [3.05, 3.63) is 54.6 Å². The van der Waals surface area contributed by atoms with Gasteiger partial charge in [-0.3, -0.25) is 0 Å². The third kappa shape index (κ3) is 4.92. The van der Waals surface area contributed by atoms with Gasteiger partial charge in [0, 0.05) is 28.6 Å². The molecule has 0 heterocycles. The molecule has 0 fully saturated rings. The third-order valence-electron chi connectivity index (χ3n) is 2.22. The SMILES string of the molecule is C=CCSCc1cccc(O)c1CSCC=C. The molecule has 0 aliphatic carbocycles. The number of thioether (sulfide) groups is 2. The fourth-order valence-electron chi connectivity index (χ4n) is 1.42. The molecule has 0 saturated heterocycles. The lowest BCUT2D eigenvalue weighted by molar-refractivity contribution is 0.470. The van der Waals surface area contributed by atoms with Crippen LogP contribution in [0.25, 0.3) is 0 Å². The van der Waals surface area contributed by atoms with Gasteiger partial charge in [-0.1, -0.05) is 24.3 Å². The first-order valence-electron chi connectivity index (χ1n) is 5.46. The quantitative estimate of drug-likeness (QED) is 0.561. The molecule has 1 N–H and O–H groups in total. The summed E-state index contributed by atoms with van der Waals surface area (Å²) < 4.78 is 0. The normalized spacial score (nSPS) is 10.1. The Morgan fingerprint density at radius 1 is 1.06 bits per heavy atom. The van der Waals surface area contributed by atoms with Gasteiger partial charge in [0.05, 0.1) is 0 Å². The lowest BCUT2D eigenvalue weighted by Crippen LogP contribution is -1.92. The van der Waals surface area contributed by atoms with Crippen molar-refractivity contribution in [3.63, 3.8) is 0 Å². The molecule has 92 valence electrons. The lowest BCUT2D eigenvalue weighted by Gasteiger charge is -2.10. The van der Waals surface area contributed by atoms with Crippen LogP contribution < -0.4 is 0 Å². The van der Waals surface area contributed by atoms with Crippen molar-refractivity contribution in [3.8, 4) is 5.75 Å². The van der Waals surface area contributed by atoms with Gasteiger partial charge in [-0.05, 0) is 11.6 Å². The number of hydrogen-bond donors (Lipinski definition) is 1. The van der Waals surface area contributed by atoms with Crippen LogP contribution >= 0.6 is 23.5 Å². The highest BCUT2D eigenvalue weighted by Gasteiger charge is 2.07. The maximum atomic E-state index is 9.88. The molecule has 0 radical (unpaired) electrons. The van der Waals surface area contributed by atoms with Gasteiger partial charge < -0.3 is 5.11 Å². The number of phenols is 1. The second-order valence-electron chi connectivity index (χ2n) is 3.52. The maximum Gasteiger partial charge on any atom is 0.119 e. The topological polar surface area (TPSA) is 20.2 Å². The molecule has 0 aromatic heterocycles. The molecule has 1 aromatic rings. The van der Waals surface area contributed by atoms with E-state index in [0.29, 0.717) is 5.75 Å². The zero-order valence-corrected chi connectivity index (χ0v) is 11.5. The fourth-order valence-corrected chi connectivity index (χ4v) is 3.02. The van der Waals surface area contributed by atoms with Gasteiger partial charge in [0.25, 0.3) is 0 Å². The Hall–Kier alpha value is -0.800.